The minimum atomic E-state index is -0.307. The lowest BCUT2D eigenvalue weighted by atomic mass is 10.2. The molecule has 0 spiro atoms. The Morgan fingerprint density at radius 2 is 2.12 bits per heavy atom. The molecule has 0 saturated carbocycles. The molecule has 0 aliphatic rings. The number of benzene rings is 1. The molecule has 1 rings (SSSR count). The van der Waals surface area contributed by atoms with Crippen LogP contribution in [0.4, 0.5) is 4.39 Å². The van der Waals surface area contributed by atoms with Crippen molar-refractivity contribution in [2.75, 3.05) is 6.54 Å². The molecule has 0 saturated heterocycles. The quantitative estimate of drug-likeness (QED) is 0.462. The van der Waals surface area contributed by atoms with Crippen LogP contribution in [0.5, 0.6) is 0 Å². The van der Waals surface area contributed by atoms with Crippen molar-refractivity contribution in [2.45, 2.75) is 13.0 Å². The van der Waals surface area contributed by atoms with Crippen LogP contribution in [0.1, 0.15) is 12.0 Å². The molecule has 0 aliphatic carbocycles. The number of hydrogen-bond donors (Lipinski definition) is 1. The van der Waals surface area contributed by atoms with E-state index in [1.165, 1.54) is 12.1 Å². The van der Waals surface area contributed by atoms with Gasteiger partial charge < -0.3 is 5.32 Å². The number of azide groups is 1. The average Bonchev–Trinajstić information content (AvgIpc) is 2.29. The van der Waals surface area contributed by atoms with Crippen LogP contribution in [0.25, 0.3) is 10.4 Å². The highest BCUT2D eigenvalue weighted by atomic mass is 19.1. The number of carbonyl (C=O) groups excluding carboxylic acids is 1. The molecule has 0 bridgehead atoms. The molecule has 1 N–H and O–H groups in total. The second kappa shape index (κ2) is 6.42. The van der Waals surface area contributed by atoms with Crippen molar-refractivity contribution in [2.24, 2.45) is 5.11 Å². The summed E-state index contributed by atoms with van der Waals surface area (Å²) in [7, 11) is 0. The zero-order chi connectivity index (χ0) is 11.8. The van der Waals surface area contributed by atoms with E-state index in [0.29, 0.717) is 6.54 Å². The van der Waals surface area contributed by atoms with Gasteiger partial charge in [-0.15, -0.1) is 0 Å². The molecule has 0 heterocycles. The van der Waals surface area contributed by atoms with Gasteiger partial charge in [0, 0.05) is 24.4 Å². The number of halogens is 1. The van der Waals surface area contributed by atoms with Crippen molar-refractivity contribution in [3.63, 3.8) is 0 Å². The maximum absolute atomic E-state index is 12.6. The number of rotatable bonds is 5. The lowest BCUT2D eigenvalue weighted by molar-refractivity contribution is -0.121. The third-order valence-corrected chi connectivity index (χ3v) is 1.91. The van der Waals surface area contributed by atoms with Crippen molar-refractivity contribution in [3.05, 3.63) is 46.1 Å². The number of hydrogen-bond acceptors (Lipinski definition) is 2. The maximum atomic E-state index is 12.6. The Bertz CT molecular complexity index is 398. The number of amides is 1. The first-order chi connectivity index (χ1) is 7.72. The molecule has 0 aliphatic heterocycles. The molecule has 0 radical (unpaired) electrons. The fraction of sp³-hybridized carbons (Fsp3) is 0.300. The Kier molecular flexibility index (Phi) is 4.82. The van der Waals surface area contributed by atoms with Gasteiger partial charge in [0.2, 0.25) is 5.91 Å². The van der Waals surface area contributed by atoms with Crippen molar-refractivity contribution in [3.8, 4) is 0 Å². The van der Waals surface area contributed by atoms with Gasteiger partial charge in [-0.1, -0.05) is 17.2 Å². The van der Waals surface area contributed by atoms with Crippen molar-refractivity contribution < 1.29 is 9.18 Å². The second-order valence-corrected chi connectivity index (χ2v) is 3.11. The molecule has 84 valence electrons. The average molecular weight is 222 g/mol. The Labute approximate surface area is 91.9 Å². The van der Waals surface area contributed by atoms with Gasteiger partial charge in [-0.3, -0.25) is 4.79 Å². The summed E-state index contributed by atoms with van der Waals surface area (Å²) in [6.45, 7) is 0.487. The Morgan fingerprint density at radius 3 is 2.75 bits per heavy atom. The first-order valence-corrected chi connectivity index (χ1v) is 4.74. The lowest BCUT2D eigenvalue weighted by Crippen LogP contribution is -2.23. The summed E-state index contributed by atoms with van der Waals surface area (Å²) in [5.74, 6) is -0.504. The van der Waals surface area contributed by atoms with Gasteiger partial charge in [-0.2, -0.15) is 0 Å². The molecular formula is C10H11FN4O. The summed E-state index contributed by atoms with van der Waals surface area (Å²) in [5, 5.41) is 5.88. The van der Waals surface area contributed by atoms with Gasteiger partial charge in [0.05, 0.1) is 0 Å². The fourth-order valence-electron chi connectivity index (χ4n) is 1.09. The highest BCUT2D eigenvalue weighted by Gasteiger charge is 2.00. The highest BCUT2D eigenvalue weighted by Crippen LogP contribution is 2.02. The van der Waals surface area contributed by atoms with Crippen LogP contribution < -0.4 is 5.32 Å². The van der Waals surface area contributed by atoms with E-state index in [1.807, 2.05) is 0 Å². The highest BCUT2D eigenvalue weighted by molar-refractivity contribution is 5.76. The van der Waals surface area contributed by atoms with Crippen LogP contribution in [0.15, 0.2) is 29.4 Å². The fourth-order valence-corrected chi connectivity index (χ4v) is 1.09. The number of carbonyl (C=O) groups is 1. The minimum absolute atomic E-state index is 0.145. The maximum Gasteiger partial charge on any atom is 0.220 e. The predicted octanol–water partition coefficient (Wildman–Crippen LogP) is 2.14. The van der Waals surface area contributed by atoms with E-state index in [9.17, 15) is 9.18 Å². The first-order valence-electron chi connectivity index (χ1n) is 4.74. The van der Waals surface area contributed by atoms with E-state index in [1.54, 1.807) is 12.1 Å². The molecule has 0 atom stereocenters. The standard InChI is InChI=1S/C10H11FN4O/c11-9-3-1-8(2-4-9)7-13-10(16)5-6-14-15-12/h1-4H,5-7H2,(H,13,16). The van der Waals surface area contributed by atoms with Crippen LogP contribution in [-0.2, 0) is 11.3 Å². The summed E-state index contributed by atoms with van der Waals surface area (Å²) < 4.78 is 12.6. The lowest BCUT2D eigenvalue weighted by Gasteiger charge is -2.03. The Balaban J connectivity index is 2.31. The molecule has 0 aromatic heterocycles. The van der Waals surface area contributed by atoms with E-state index in [0.717, 1.165) is 5.56 Å². The zero-order valence-corrected chi connectivity index (χ0v) is 8.56. The van der Waals surface area contributed by atoms with Crippen LogP contribution in [0.3, 0.4) is 0 Å². The summed E-state index contributed by atoms with van der Waals surface area (Å²) in [6.07, 6.45) is 0.158. The SMILES string of the molecule is [N-]=[N+]=NCCC(=O)NCc1ccc(F)cc1. The van der Waals surface area contributed by atoms with E-state index in [4.69, 9.17) is 5.53 Å². The summed E-state index contributed by atoms with van der Waals surface area (Å²) >= 11 is 0. The van der Waals surface area contributed by atoms with E-state index in [2.05, 4.69) is 15.3 Å². The van der Waals surface area contributed by atoms with Gasteiger partial charge in [0.15, 0.2) is 0 Å². The first kappa shape index (κ1) is 12.0. The van der Waals surface area contributed by atoms with Gasteiger partial charge in [-0.05, 0) is 23.2 Å². The van der Waals surface area contributed by atoms with E-state index < -0.39 is 0 Å². The predicted molar refractivity (Wildman–Crippen MR) is 56.9 cm³/mol. The largest absolute Gasteiger partial charge is 0.352 e. The van der Waals surface area contributed by atoms with Crippen LogP contribution in [0.2, 0.25) is 0 Å². The van der Waals surface area contributed by atoms with Crippen LogP contribution >= 0.6 is 0 Å². The molecule has 1 amide bonds. The van der Waals surface area contributed by atoms with Crippen LogP contribution in [-0.4, -0.2) is 12.5 Å². The number of nitrogens with zero attached hydrogens (tertiary/aromatic N) is 3. The summed E-state index contributed by atoms with van der Waals surface area (Å²) in [6, 6.07) is 5.87. The van der Waals surface area contributed by atoms with Crippen molar-refractivity contribution >= 4 is 5.91 Å². The Hall–Kier alpha value is -2.07. The minimum Gasteiger partial charge on any atom is -0.352 e. The van der Waals surface area contributed by atoms with E-state index >= 15 is 0 Å². The Morgan fingerprint density at radius 1 is 1.44 bits per heavy atom. The molecule has 0 unspecified atom stereocenters. The molecule has 1 aromatic rings. The monoisotopic (exact) mass is 222 g/mol. The summed E-state index contributed by atoms with van der Waals surface area (Å²) in [4.78, 5) is 13.7. The smallest absolute Gasteiger partial charge is 0.220 e. The molecule has 5 nitrogen and oxygen atoms in total. The third kappa shape index (κ3) is 4.43. The van der Waals surface area contributed by atoms with Crippen molar-refractivity contribution in [1.82, 2.24) is 5.32 Å². The van der Waals surface area contributed by atoms with E-state index in [-0.39, 0.29) is 24.7 Å². The molecule has 16 heavy (non-hydrogen) atoms. The summed E-state index contributed by atoms with van der Waals surface area (Å²) in [5.41, 5.74) is 8.82. The molecular weight excluding hydrogens is 211 g/mol. The van der Waals surface area contributed by atoms with Gasteiger partial charge in [0.1, 0.15) is 5.82 Å². The number of nitrogens with one attached hydrogen (secondary N) is 1. The molecule has 0 fully saturated rings. The normalized spacial score (nSPS) is 9.31. The van der Waals surface area contributed by atoms with Gasteiger partial charge in [0.25, 0.3) is 0 Å². The van der Waals surface area contributed by atoms with Crippen LogP contribution in [0, 0.1) is 5.82 Å². The third-order valence-electron chi connectivity index (χ3n) is 1.91. The van der Waals surface area contributed by atoms with Gasteiger partial charge >= 0.3 is 0 Å². The topological polar surface area (TPSA) is 77.9 Å². The molecule has 6 heteroatoms. The van der Waals surface area contributed by atoms with Crippen molar-refractivity contribution in [1.29, 1.82) is 0 Å². The second-order valence-electron chi connectivity index (χ2n) is 3.11. The molecule has 1 aromatic carbocycles. The van der Waals surface area contributed by atoms with Gasteiger partial charge in [-0.25, -0.2) is 4.39 Å². The zero-order valence-electron chi connectivity index (χ0n) is 8.56.